The molecule has 1 unspecified atom stereocenters. The molecule has 0 aliphatic heterocycles. The highest BCUT2D eigenvalue weighted by Gasteiger charge is 2.32. The smallest absolute Gasteiger partial charge is 0.316 e. The van der Waals surface area contributed by atoms with E-state index in [1.165, 1.54) is 0 Å². The summed E-state index contributed by atoms with van der Waals surface area (Å²) >= 11 is 0. The number of allylic oxidation sites excluding steroid dienone is 2. The molecule has 0 bridgehead atoms. The van der Waals surface area contributed by atoms with Gasteiger partial charge in [-0.2, -0.15) is 0 Å². The number of carbonyl (C=O) groups excluding carboxylic acids is 2. The Kier molecular flexibility index (Phi) is 3.44. The minimum atomic E-state index is -0.557. The van der Waals surface area contributed by atoms with Crippen molar-refractivity contribution in [1.29, 1.82) is 0 Å². The van der Waals surface area contributed by atoms with Crippen LogP contribution in [0.4, 0.5) is 0 Å². The van der Waals surface area contributed by atoms with Gasteiger partial charge < -0.3 is 4.74 Å². The van der Waals surface area contributed by atoms with Gasteiger partial charge >= 0.3 is 5.97 Å². The van der Waals surface area contributed by atoms with Crippen molar-refractivity contribution in [3.05, 3.63) is 11.1 Å². The van der Waals surface area contributed by atoms with Gasteiger partial charge in [-0.15, -0.1) is 0 Å². The average molecular weight is 196 g/mol. The summed E-state index contributed by atoms with van der Waals surface area (Å²) in [7, 11) is 0. The normalized spacial score (nSPS) is 22.5. The summed E-state index contributed by atoms with van der Waals surface area (Å²) in [6, 6.07) is 0. The zero-order chi connectivity index (χ0) is 10.7. The predicted octanol–water partition coefficient (Wildman–Crippen LogP) is 1.86. The molecular formula is C11H16O3. The van der Waals surface area contributed by atoms with E-state index in [2.05, 4.69) is 0 Å². The molecule has 14 heavy (non-hydrogen) atoms. The molecule has 0 N–H and O–H groups in total. The van der Waals surface area contributed by atoms with E-state index in [-0.39, 0.29) is 11.8 Å². The molecular weight excluding hydrogens is 180 g/mol. The van der Waals surface area contributed by atoms with Gasteiger partial charge in [-0.05, 0) is 39.2 Å². The average Bonchev–Trinajstić information content (AvgIpc) is 2.15. The molecule has 3 heteroatoms. The molecule has 1 aliphatic rings. The molecule has 0 saturated heterocycles. The zero-order valence-electron chi connectivity index (χ0n) is 8.92. The lowest BCUT2D eigenvalue weighted by Crippen LogP contribution is -2.30. The quantitative estimate of drug-likeness (QED) is 0.500. The van der Waals surface area contributed by atoms with Gasteiger partial charge in [0.05, 0.1) is 6.61 Å². The van der Waals surface area contributed by atoms with Crippen LogP contribution in [0.5, 0.6) is 0 Å². The van der Waals surface area contributed by atoms with Crippen LogP contribution in [0.1, 0.15) is 33.6 Å². The number of rotatable bonds is 2. The molecule has 0 fully saturated rings. The summed E-state index contributed by atoms with van der Waals surface area (Å²) in [6.07, 6.45) is 1.42. The van der Waals surface area contributed by atoms with Gasteiger partial charge in [-0.3, -0.25) is 9.59 Å². The Hall–Kier alpha value is -1.12. The number of Topliss-reactive ketones (excluding diaryl/α,β-unsaturated/α-hetero) is 1. The Balaban J connectivity index is 2.77. The SMILES string of the molecule is CCOC(=O)C1CCC(C)=C(C)C1=O. The van der Waals surface area contributed by atoms with Crippen LogP contribution in [0.3, 0.4) is 0 Å². The number of hydrogen-bond acceptors (Lipinski definition) is 3. The molecule has 1 atom stereocenters. The molecule has 0 radical (unpaired) electrons. The lowest BCUT2D eigenvalue weighted by molar-refractivity contribution is -0.151. The lowest BCUT2D eigenvalue weighted by Gasteiger charge is -2.21. The van der Waals surface area contributed by atoms with E-state index >= 15 is 0 Å². The van der Waals surface area contributed by atoms with E-state index in [4.69, 9.17) is 4.74 Å². The van der Waals surface area contributed by atoms with Crippen molar-refractivity contribution in [2.75, 3.05) is 6.61 Å². The second-order valence-electron chi connectivity index (χ2n) is 3.61. The minimum Gasteiger partial charge on any atom is -0.465 e. The number of ether oxygens (including phenoxy) is 1. The van der Waals surface area contributed by atoms with Gasteiger partial charge in [0.25, 0.3) is 0 Å². The van der Waals surface area contributed by atoms with Gasteiger partial charge in [0.2, 0.25) is 0 Å². The molecule has 78 valence electrons. The van der Waals surface area contributed by atoms with Gasteiger partial charge in [0.1, 0.15) is 5.92 Å². The fourth-order valence-corrected chi connectivity index (χ4v) is 1.62. The first-order chi connectivity index (χ1) is 6.57. The standard InChI is InChI=1S/C11H16O3/c1-4-14-11(13)9-6-5-7(2)8(3)10(9)12/h9H,4-6H2,1-3H3. The summed E-state index contributed by atoms with van der Waals surface area (Å²) in [4.78, 5) is 23.1. The van der Waals surface area contributed by atoms with Gasteiger partial charge in [-0.25, -0.2) is 0 Å². The molecule has 0 aromatic heterocycles. The maximum Gasteiger partial charge on any atom is 0.316 e. The van der Waals surface area contributed by atoms with E-state index in [1.54, 1.807) is 13.8 Å². The summed E-state index contributed by atoms with van der Waals surface area (Å²) in [5.41, 5.74) is 1.82. The van der Waals surface area contributed by atoms with Gasteiger partial charge in [0, 0.05) is 0 Å². The van der Waals surface area contributed by atoms with Gasteiger partial charge in [0.15, 0.2) is 5.78 Å². The van der Waals surface area contributed by atoms with E-state index in [1.807, 2.05) is 6.92 Å². The van der Waals surface area contributed by atoms with Crippen molar-refractivity contribution in [2.24, 2.45) is 5.92 Å². The predicted molar refractivity (Wildman–Crippen MR) is 52.7 cm³/mol. The Morgan fingerprint density at radius 1 is 1.50 bits per heavy atom. The number of esters is 1. The third-order valence-electron chi connectivity index (χ3n) is 2.71. The summed E-state index contributed by atoms with van der Waals surface area (Å²) < 4.78 is 4.85. The van der Waals surface area contributed by atoms with Gasteiger partial charge in [-0.1, -0.05) is 5.57 Å². The van der Waals surface area contributed by atoms with Crippen molar-refractivity contribution >= 4 is 11.8 Å². The second kappa shape index (κ2) is 4.40. The van der Waals surface area contributed by atoms with E-state index < -0.39 is 5.92 Å². The van der Waals surface area contributed by atoms with Crippen LogP contribution in [-0.2, 0) is 14.3 Å². The van der Waals surface area contributed by atoms with E-state index in [0.29, 0.717) is 13.0 Å². The van der Waals surface area contributed by atoms with Crippen molar-refractivity contribution in [2.45, 2.75) is 33.6 Å². The summed E-state index contributed by atoms with van der Waals surface area (Å²) in [5, 5.41) is 0. The molecule has 0 spiro atoms. The third kappa shape index (κ3) is 2.03. The van der Waals surface area contributed by atoms with Crippen LogP contribution in [0.15, 0.2) is 11.1 Å². The van der Waals surface area contributed by atoms with Crippen LogP contribution in [0.2, 0.25) is 0 Å². The zero-order valence-corrected chi connectivity index (χ0v) is 8.92. The fourth-order valence-electron chi connectivity index (χ4n) is 1.62. The third-order valence-corrected chi connectivity index (χ3v) is 2.71. The van der Waals surface area contributed by atoms with E-state index in [0.717, 1.165) is 17.6 Å². The lowest BCUT2D eigenvalue weighted by atomic mass is 9.84. The highest BCUT2D eigenvalue weighted by Crippen LogP contribution is 2.26. The van der Waals surface area contributed by atoms with Crippen molar-refractivity contribution in [1.82, 2.24) is 0 Å². The molecule has 0 aromatic carbocycles. The highest BCUT2D eigenvalue weighted by molar-refractivity contribution is 6.09. The molecule has 0 amide bonds. The molecule has 3 nitrogen and oxygen atoms in total. The van der Waals surface area contributed by atoms with E-state index in [9.17, 15) is 9.59 Å². The topological polar surface area (TPSA) is 43.4 Å². The largest absolute Gasteiger partial charge is 0.465 e. The van der Waals surface area contributed by atoms with Crippen LogP contribution >= 0.6 is 0 Å². The molecule has 0 aromatic rings. The van der Waals surface area contributed by atoms with Crippen molar-refractivity contribution < 1.29 is 14.3 Å². The Labute approximate surface area is 84.1 Å². The maximum atomic E-state index is 11.7. The molecule has 1 aliphatic carbocycles. The van der Waals surface area contributed by atoms with Crippen LogP contribution < -0.4 is 0 Å². The number of ketones is 1. The number of carbonyl (C=O) groups is 2. The fraction of sp³-hybridized carbons (Fsp3) is 0.636. The summed E-state index contributed by atoms with van der Waals surface area (Å²) in [6.45, 7) is 5.81. The Morgan fingerprint density at radius 3 is 2.71 bits per heavy atom. The minimum absolute atomic E-state index is 0.0628. The monoisotopic (exact) mass is 196 g/mol. The van der Waals surface area contributed by atoms with Crippen molar-refractivity contribution in [3.63, 3.8) is 0 Å². The second-order valence-corrected chi connectivity index (χ2v) is 3.61. The van der Waals surface area contributed by atoms with Crippen LogP contribution in [-0.4, -0.2) is 18.4 Å². The molecule has 1 rings (SSSR count). The maximum absolute atomic E-state index is 11.7. The van der Waals surface area contributed by atoms with Crippen LogP contribution in [0, 0.1) is 5.92 Å². The highest BCUT2D eigenvalue weighted by atomic mass is 16.5. The first kappa shape index (κ1) is 11.0. The summed E-state index contributed by atoms with van der Waals surface area (Å²) in [5.74, 6) is -0.991. The molecule has 0 heterocycles. The van der Waals surface area contributed by atoms with Crippen LogP contribution in [0.25, 0.3) is 0 Å². The first-order valence-electron chi connectivity index (χ1n) is 4.95. The number of hydrogen-bond donors (Lipinski definition) is 0. The Morgan fingerprint density at radius 2 is 2.14 bits per heavy atom. The van der Waals surface area contributed by atoms with Crippen molar-refractivity contribution in [3.8, 4) is 0 Å². The Bertz CT molecular complexity index is 289. The molecule has 0 saturated carbocycles. The first-order valence-corrected chi connectivity index (χ1v) is 4.95.